The van der Waals surface area contributed by atoms with E-state index >= 15 is 0 Å². The molecule has 2 aromatic carbocycles. The fraction of sp³-hybridized carbons (Fsp3) is 0.381. The van der Waals surface area contributed by atoms with E-state index in [1.54, 1.807) is 36.4 Å². The van der Waals surface area contributed by atoms with Gasteiger partial charge in [0.25, 0.3) is 0 Å². The van der Waals surface area contributed by atoms with E-state index in [1.165, 1.54) is 21.0 Å². The minimum absolute atomic E-state index is 0.0732. The van der Waals surface area contributed by atoms with Crippen molar-refractivity contribution in [1.29, 1.82) is 0 Å². The summed E-state index contributed by atoms with van der Waals surface area (Å²) in [5.74, 6) is 0.979. The molecule has 27 heavy (non-hydrogen) atoms. The first-order valence-corrected chi connectivity index (χ1v) is 8.79. The molecule has 2 atom stereocenters. The standard InChI is InChI=1S/C21H24O6/c1-21(2,25)20(24)9-13-8-15-16(23)10-18(12-4-6-14(22)7-5-12)27-19(15)11-17(13)26-3/h4-8,11,18,20,22,24-25H,9-10H2,1-3H3/t18-,20-/m0/s1. The first-order valence-electron chi connectivity index (χ1n) is 8.79. The number of rotatable bonds is 5. The molecule has 0 saturated heterocycles. The van der Waals surface area contributed by atoms with Crippen LogP contribution >= 0.6 is 0 Å². The maximum Gasteiger partial charge on any atom is 0.170 e. The molecule has 0 aromatic heterocycles. The van der Waals surface area contributed by atoms with Crippen molar-refractivity contribution < 1.29 is 29.6 Å². The molecule has 0 fully saturated rings. The van der Waals surface area contributed by atoms with Crippen molar-refractivity contribution in [3.8, 4) is 17.2 Å². The molecule has 0 spiro atoms. The normalized spacial score (nSPS) is 17.8. The third kappa shape index (κ3) is 4.07. The molecule has 1 aliphatic rings. The Balaban J connectivity index is 1.92. The number of methoxy groups -OCH3 is 1. The van der Waals surface area contributed by atoms with Crippen LogP contribution in [0.5, 0.6) is 17.2 Å². The van der Waals surface area contributed by atoms with E-state index in [-0.39, 0.29) is 24.4 Å². The predicted octanol–water partition coefficient (Wildman–Crippen LogP) is 2.78. The average molecular weight is 372 g/mol. The number of carbonyl (C=O) groups excluding carboxylic acids is 1. The number of benzene rings is 2. The molecule has 144 valence electrons. The Kier molecular flexibility index (Phi) is 5.13. The van der Waals surface area contributed by atoms with E-state index in [2.05, 4.69) is 0 Å². The Labute approximate surface area is 158 Å². The van der Waals surface area contributed by atoms with Crippen molar-refractivity contribution >= 4 is 5.78 Å². The van der Waals surface area contributed by atoms with E-state index in [4.69, 9.17) is 9.47 Å². The minimum Gasteiger partial charge on any atom is -0.508 e. The van der Waals surface area contributed by atoms with Gasteiger partial charge in [0.1, 0.15) is 23.4 Å². The van der Waals surface area contributed by atoms with E-state index in [0.717, 1.165) is 5.56 Å². The van der Waals surface area contributed by atoms with Gasteiger partial charge in [-0.3, -0.25) is 4.79 Å². The van der Waals surface area contributed by atoms with Crippen LogP contribution in [-0.4, -0.2) is 39.9 Å². The number of hydrogen-bond acceptors (Lipinski definition) is 6. The highest BCUT2D eigenvalue weighted by atomic mass is 16.5. The smallest absolute Gasteiger partial charge is 0.170 e. The number of phenolic OH excluding ortho intramolecular Hbond substituents is 1. The van der Waals surface area contributed by atoms with Gasteiger partial charge in [-0.2, -0.15) is 0 Å². The molecule has 6 heteroatoms. The van der Waals surface area contributed by atoms with Crippen LogP contribution in [0.1, 0.15) is 47.9 Å². The number of fused-ring (bicyclic) bond motifs is 1. The first kappa shape index (κ1) is 19.2. The monoisotopic (exact) mass is 372 g/mol. The van der Waals surface area contributed by atoms with Crippen LogP contribution in [0.2, 0.25) is 0 Å². The maximum atomic E-state index is 12.7. The SMILES string of the molecule is COc1cc2c(cc1C[C@H](O)C(C)(C)O)C(=O)C[C@@H](c1ccc(O)cc1)O2. The van der Waals surface area contributed by atoms with Crippen LogP contribution in [0.15, 0.2) is 36.4 Å². The zero-order valence-corrected chi connectivity index (χ0v) is 15.6. The van der Waals surface area contributed by atoms with Crippen molar-refractivity contribution in [1.82, 2.24) is 0 Å². The molecule has 0 aliphatic carbocycles. The number of aliphatic hydroxyl groups excluding tert-OH is 1. The van der Waals surface area contributed by atoms with Gasteiger partial charge in [0.05, 0.1) is 30.8 Å². The van der Waals surface area contributed by atoms with Crippen molar-refractivity contribution in [2.24, 2.45) is 0 Å². The average Bonchev–Trinajstić information content (AvgIpc) is 2.61. The molecule has 0 bridgehead atoms. The van der Waals surface area contributed by atoms with Gasteiger partial charge in [-0.15, -0.1) is 0 Å². The quantitative estimate of drug-likeness (QED) is 0.747. The molecule has 0 unspecified atom stereocenters. The number of Topliss-reactive ketones (excluding diaryl/α,β-unsaturated/α-hetero) is 1. The Morgan fingerprint density at radius 3 is 2.52 bits per heavy atom. The molecule has 2 aromatic rings. The molecule has 0 radical (unpaired) electrons. The lowest BCUT2D eigenvalue weighted by molar-refractivity contribution is -0.0471. The van der Waals surface area contributed by atoms with Crippen molar-refractivity contribution in [3.05, 3.63) is 53.1 Å². The van der Waals surface area contributed by atoms with Gasteiger partial charge in [-0.25, -0.2) is 0 Å². The van der Waals surface area contributed by atoms with Crippen molar-refractivity contribution in [3.63, 3.8) is 0 Å². The number of ketones is 1. The summed E-state index contributed by atoms with van der Waals surface area (Å²) in [6.07, 6.45) is -1.12. The van der Waals surface area contributed by atoms with E-state index in [1.807, 2.05) is 0 Å². The van der Waals surface area contributed by atoms with Crippen LogP contribution in [-0.2, 0) is 6.42 Å². The molecular weight excluding hydrogens is 348 g/mol. The Morgan fingerprint density at radius 1 is 1.26 bits per heavy atom. The van der Waals surface area contributed by atoms with E-state index < -0.39 is 17.8 Å². The molecule has 1 heterocycles. The van der Waals surface area contributed by atoms with Crippen LogP contribution < -0.4 is 9.47 Å². The second-order valence-electron chi connectivity index (χ2n) is 7.36. The molecule has 1 aliphatic heterocycles. The van der Waals surface area contributed by atoms with Gasteiger partial charge in [-0.05, 0) is 43.2 Å². The van der Waals surface area contributed by atoms with Crippen LogP contribution in [0, 0.1) is 0 Å². The van der Waals surface area contributed by atoms with Gasteiger partial charge in [-0.1, -0.05) is 12.1 Å². The van der Waals surface area contributed by atoms with Crippen LogP contribution in [0.3, 0.4) is 0 Å². The summed E-state index contributed by atoms with van der Waals surface area (Å²) in [6, 6.07) is 9.87. The Hall–Kier alpha value is -2.57. The molecule has 0 saturated carbocycles. The fourth-order valence-corrected chi connectivity index (χ4v) is 3.08. The molecule has 3 rings (SSSR count). The summed E-state index contributed by atoms with van der Waals surface area (Å²) >= 11 is 0. The van der Waals surface area contributed by atoms with Gasteiger partial charge in [0.15, 0.2) is 5.78 Å². The Morgan fingerprint density at radius 2 is 1.93 bits per heavy atom. The van der Waals surface area contributed by atoms with Gasteiger partial charge in [0.2, 0.25) is 0 Å². The molecule has 0 amide bonds. The zero-order valence-electron chi connectivity index (χ0n) is 15.6. The van der Waals surface area contributed by atoms with Gasteiger partial charge >= 0.3 is 0 Å². The van der Waals surface area contributed by atoms with Crippen LogP contribution in [0.25, 0.3) is 0 Å². The number of carbonyl (C=O) groups is 1. The largest absolute Gasteiger partial charge is 0.508 e. The van der Waals surface area contributed by atoms with Gasteiger partial charge < -0.3 is 24.8 Å². The fourth-order valence-electron chi connectivity index (χ4n) is 3.08. The lowest BCUT2D eigenvalue weighted by Crippen LogP contribution is -2.37. The number of ether oxygens (including phenoxy) is 2. The third-order valence-electron chi connectivity index (χ3n) is 4.82. The number of aromatic hydroxyl groups is 1. The van der Waals surface area contributed by atoms with Gasteiger partial charge in [0, 0.05) is 12.5 Å². The number of aliphatic hydroxyl groups is 2. The topological polar surface area (TPSA) is 96.2 Å². The first-order chi connectivity index (χ1) is 12.7. The third-order valence-corrected chi connectivity index (χ3v) is 4.82. The van der Waals surface area contributed by atoms with E-state index in [0.29, 0.717) is 22.6 Å². The summed E-state index contributed by atoms with van der Waals surface area (Å²) in [5.41, 5.74) is 0.591. The summed E-state index contributed by atoms with van der Waals surface area (Å²) in [6.45, 7) is 3.05. The summed E-state index contributed by atoms with van der Waals surface area (Å²) in [4.78, 5) is 12.7. The highest BCUT2D eigenvalue weighted by Crippen LogP contribution is 2.39. The maximum absolute atomic E-state index is 12.7. The Bertz CT molecular complexity index is 835. The van der Waals surface area contributed by atoms with Crippen LogP contribution in [0.4, 0.5) is 0 Å². The number of phenols is 1. The highest BCUT2D eigenvalue weighted by molar-refractivity contribution is 6.00. The lowest BCUT2D eigenvalue weighted by Gasteiger charge is -2.28. The summed E-state index contributed by atoms with van der Waals surface area (Å²) in [7, 11) is 1.50. The summed E-state index contributed by atoms with van der Waals surface area (Å²) in [5, 5.41) is 29.6. The van der Waals surface area contributed by atoms with E-state index in [9.17, 15) is 20.1 Å². The highest BCUT2D eigenvalue weighted by Gasteiger charge is 2.31. The minimum atomic E-state index is -1.27. The predicted molar refractivity (Wildman–Crippen MR) is 99.4 cm³/mol. The van der Waals surface area contributed by atoms with Crippen molar-refractivity contribution in [2.75, 3.05) is 7.11 Å². The summed E-state index contributed by atoms with van der Waals surface area (Å²) < 4.78 is 11.4. The van der Waals surface area contributed by atoms with Crippen molar-refractivity contribution in [2.45, 2.75) is 44.5 Å². The second-order valence-corrected chi connectivity index (χ2v) is 7.36. The second kappa shape index (κ2) is 7.21. The molecular formula is C21H24O6. The number of hydrogen-bond donors (Lipinski definition) is 3. The molecule has 3 N–H and O–H groups in total. The lowest BCUT2D eigenvalue weighted by atomic mass is 9.91. The zero-order chi connectivity index (χ0) is 19.8. The molecule has 6 nitrogen and oxygen atoms in total.